The van der Waals surface area contributed by atoms with Crippen LogP contribution in [0.3, 0.4) is 0 Å². The summed E-state index contributed by atoms with van der Waals surface area (Å²) >= 11 is 1.71. The van der Waals surface area contributed by atoms with E-state index in [0.29, 0.717) is 5.91 Å². The minimum absolute atomic E-state index is 0.347. The van der Waals surface area contributed by atoms with E-state index in [1.807, 2.05) is 4.90 Å². The van der Waals surface area contributed by atoms with E-state index in [4.69, 9.17) is 0 Å². The molecule has 0 N–H and O–H groups in total. The lowest BCUT2D eigenvalue weighted by atomic mass is 10.0. The summed E-state index contributed by atoms with van der Waals surface area (Å²) in [5.74, 6) is 1.16. The van der Waals surface area contributed by atoms with Crippen LogP contribution in [0, 0.1) is 5.92 Å². The summed E-state index contributed by atoms with van der Waals surface area (Å²) in [6.07, 6.45) is 8.30. The van der Waals surface area contributed by atoms with Crippen molar-refractivity contribution in [2.45, 2.75) is 58.4 Å². The highest BCUT2D eigenvalue weighted by Crippen LogP contribution is 2.28. The third-order valence-corrected chi connectivity index (χ3v) is 4.77. The molecule has 1 aliphatic rings. The van der Waals surface area contributed by atoms with Gasteiger partial charge in [-0.1, -0.05) is 32.6 Å². The van der Waals surface area contributed by atoms with E-state index in [1.165, 1.54) is 31.2 Å². The van der Waals surface area contributed by atoms with E-state index in [-0.39, 0.29) is 0 Å². The highest BCUT2D eigenvalue weighted by atomic mass is 32.1. The van der Waals surface area contributed by atoms with Crippen molar-refractivity contribution in [1.29, 1.82) is 0 Å². The Hall–Kier alpha value is -0.830. The van der Waals surface area contributed by atoms with E-state index in [1.54, 1.807) is 11.3 Å². The van der Waals surface area contributed by atoms with Gasteiger partial charge in [0.25, 0.3) is 0 Å². The van der Waals surface area contributed by atoms with Gasteiger partial charge in [0.15, 0.2) is 0 Å². The lowest BCUT2D eigenvalue weighted by molar-refractivity contribution is -0.132. The number of nitrogens with zero attached hydrogens (tertiary/aromatic N) is 1. The number of carbonyl (C=O) groups excluding carboxylic acids is 1. The molecule has 0 atom stereocenters. The molecular weight excluding hydrogens is 254 g/mol. The van der Waals surface area contributed by atoms with Crippen molar-refractivity contribution in [3.05, 3.63) is 22.4 Å². The summed E-state index contributed by atoms with van der Waals surface area (Å²) in [5, 5.41) is 4.23. The highest BCUT2D eigenvalue weighted by Gasteiger charge is 2.19. The molecule has 1 amide bonds. The van der Waals surface area contributed by atoms with Crippen LogP contribution in [-0.2, 0) is 11.3 Å². The maximum atomic E-state index is 12.3. The van der Waals surface area contributed by atoms with Crippen LogP contribution in [0.2, 0.25) is 0 Å². The fourth-order valence-electron chi connectivity index (χ4n) is 2.95. The number of hydrogen-bond donors (Lipinski definition) is 0. The Bertz CT molecular complexity index is 368. The first-order valence-corrected chi connectivity index (χ1v) is 8.52. The highest BCUT2D eigenvalue weighted by molar-refractivity contribution is 7.07. The molecule has 19 heavy (non-hydrogen) atoms. The molecule has 1 aromatic heterocycles. The van der Waals surface area contributed by atoms with E-state index < -0.39 is 0 Å². The minimum Gasteiger partial charge on any atom is -0.338 e. The molecule has 0 unspecified atom stereocenters. The molecule has 0 radical (unpaired) electrons. The Kier molecular flexibility index (Phi) is 5.90. The Balaban J connectivity index is 1.81. The summed E-state index contributed by atoms with van der Waals surface area (Å²) in [6.45, 7) is 3.82. The second kappa shape index (κ2) is 7.68. The van der Waals surface area contributed by atoms with Gasteiger partial charge in [-0.3, -0.25) is 4.79 Å². The lowest BCUT2D eigenvalue weighted by Gasteiger charge is -2.22. The largest absolute Gasteiger partial charge is 0.338 e. The van der Waals surface area contributed by atoms with Crippen molar-refractivity contribution in [1.82, 2.24) is 4.90 Å². The van der Waals surface area contributed by atoms with Crippen LogP contribution in [0.1, 0.15) is 57.4 Å². The van der Waals surface area contributed by atoms with Gasteiger partial charge in [-0.25, -0.2) is 0 Å². The fourth-order valence-corrected chi connectivity index (χ4v) is 3.61. The number of amides is 1. The fraction of sp³-hybridized carbons (Fsp3) is 0.688. The zero-order valence-corrected chi connectivity index (χ0v) is 12.8. The van der Waals surface area contributed by atoms with Crippen LogP contribution >= 0.6 is 11.3 Å². The molecule has 0 bridgehead atoms. The number of thiophene rings is 1. The molecule has 2 rings (SSSR count). The van der Waals surface area contributed by atoms with Crippen molar-refractivity contribution in [3.63, 3.8) is 0 Å². The molecule has 3 heteroatoms. The molecular formula is C16H25NOS. The van der Waals surface area contributed by atoms with Crippen molar-refractivity contribution in [2.24, 2.45) is 5.92 Å². The zero-order chi connectivity index (χ0) is 13.5. The molecule has 0 aliphatic heterocycles. The lowest BCUT2D eigenvalue weighted by Crippen LogP contribution is -2.31. The molecule has 1 heterocycles. The molecule has 1 saturated carbocycles. The topological polar surface area (TPSA) is 20.3 Å². The number of rotatable bonds is 7. The normalized spacial score (nSPS) is 15.8. The van der Waals surface area contributed by atoms with Gasteiger partial charge < -0.3 is 4.90 Å². The van der Waals surface area contributed by atoms with E-state index >= 15 is 0 Å². The molecule has 0 saturated heterocycles. The zero-order valence-electron chi connectivity index (χ0n) is 11.9. The molecule has 2 nitrogen and oxygen atoms in total. The SMILES string of the molecule is CCCN(Cc1ccsc1)C(=O)CCC1CCCC1. The first-order chi connectivity index (χ1) is 9.29. The maximum absolute atomic E-state index is 12.3. The van der Waals surface area contributed by atoms with Crippen LogP contribution in [0.4, 0.5) is 0 Å². The van der Waals surface area contributed by atoms with Crippen molar-refractivity contribution in [3.8, 4) is 0 Å². The van der Waals surface area contributed by atoms with E-state index in [9.17, 15) is 4.79 Å². The monoisotopic (exact) mass is 279 g/mol. The molecule has 0 spiro atoms. The first-order valence-electron chi connectivity index (χ1n) is 7.58. The second-order valence-electron chi connectivity index (χ2n) is 5.64. The van der Waals surface area contributed by atoms with Gasteiger partial charge in [0.2, 0.25) is 5.91 Å². The quantitative estimate of drug-likeness (QED) is 0.721. The van der Waals surface area contributed by atoms with Crippen molar-refractivity contribution < 1.29 is 4.79 Å². The Morgan fingerprint density at radius 3 is 2.84 bits per heavy atom. The Labute approximate surface area is 120 Å². The molecule has 1 fully saturated rings. The van der Waals surface area contributed by atoms with Gasteiger partial charge in [-0.05, 0) is 41.1 Å². The van der Waals surface area contributed by atoms with Gasteiger partial charge in [-0.15, -0.1) is 0 Å². The average Bonchev–Trinajstić information content (AvgIpc) is 3.08. The first kappa shape index (κ1) is 14.6. The third kappa shape index (κ3) is 4.64. The number of hydrogen-bond acceptors (Lipinski definition) is 2. The molecule has 0 aromatic carbocycles. The molecule has 106 valence electrons. The van der Waals surface area contributed by atoms with Gasteiger partial charge >= 0.3 is 0 Å². The van der Waals surface area contributed by atoms with Crippen LogP contribution in [-0.4, -0.2) is 17.4 Å². The summed E-state index contributed by atoms with van der Waals surface area (Å²) in [7, 11) is 0. The van der Waals surface area contributed by atoms with Crippen molar-refractivity contribution in [2.75, 3.05) is 6.54 Å². The third-order valence-electron chi connectivity index (χ3n) is 4.04. The Morgan fingerprint density at radius 1 is 1.42 bits per heavy atom. The predicted octanol–water partition coefficient (Wildman–Crippen LogP) is 4.46. The van der Waals surface area contributed by atoms with Gasteiger partial charge in [0.1, 0.15) is 0 Å². The average molecular weight is 279 g/mol. The summed E-state index contributed by atoms with van der Waals surface area (Å²) in [4.78, 5) is 14.4. The minimum atomic E-state index is 0.347. The van der Waals surface area contributed by atoms with E-state index in [2.05, 4.69) is 23.8 Å². The number of carbonyl (C=O) groups is 1. The van der Waals surface area contributed by atoms with Crippen LogP contribution in [0.5, 0.6) is 0 Å². The molecule has 1 aromatic rings. The summed E-state index contributed by atoms with van der Waals surface area (Å²) < 4.78 is 0. The maximum Gasteiger partial charge on any atom is 0.222 e. The predicted molar refractivity (Wildman–Crippen MR) is 81.2 cm³/mol. The second-order valence-corrected chi connectivity index (χ2v) is 6.42. The Morgan fingerprint density at radius 2 is 2.21 bits per heavy atom. The van der Waals surface area contributed by atoms with Gasteiger partial charge in [0.05, 0.1) is 0 Å². The van der Waals surface area contributed by atoms with Crippen LogP contribution < -0.4 is 0 Å². The smallest absolute Gasteiger partial charge is 0.222 e. The van der Waals surface area contributed by atoms with Gasteiger partial charge in [-0.2, -0.15) is 11.3 Å². The standard InChI is InChI=1S/C16H25NOS/c1-2-10-17(12-15-9-11-19-13-15)16(18)8-7-14-5-3-4-6-14/h9,11,13-14H,2-8,10,12H2,1H3. The van der Waals surface area contributed by atoms with Crippen LogP contribution in [0.15, 0.2) is 16.8 Å². The molecule has 1 aliphatic carbocycles. The summed E-state index contributed by atoms with van der Waals surface area (Å²) in [5.41, 5.74) is 1.27. The van der Waals surface area contributed by atoms with Crippen LogP contribution in [0.25, 0.3) is 0 Å². The van der Waals surface area contributed by atoms with Crippen molar-refractivity contribution >= 4 is 17.2 Å². The van der Waals surface area contributed by atoms with E-state index in [0.717, 1.165) is 38.3 Å². The summed E-state index contributed by atoms with van der Waals surface area (Å²) in [6, 6.07) is 2.12. The van der Waals surface area contributed by atoms with Gasteiger partial charge in [0, 0.05) is 19.5 Å².